The van der Waals surface area contributed by atoms with Crippen LogP contribution in [0.25, 0.3) is 0 Å². The van der Waals surface area contributed by atoms with Gasteiger partial charge in [0, 0.05) is 18.7 Å². The van der Waals surface area contributed by atoms with E-state index in [1.54, 1.807) is 0 Å². The second kappa shape index (κ2) is 8.78. The first-order valence-corrected chi connectivity index (χ1v) is 6.43. The van der Waals surface area contributed by atoms with Crippen LogP contribution in [0.5, 0.6) is 11.5 Å². The SMILES string of the molecule is CCOCCOc1c(CNC)cccc1OCC. The molecule has 1 rings (SSSR count). The van der Waals surface area contributed by atoms with Gasteiger partial charge in [0.05, 0.1) is 13.2 Å². The molecular formula is C14H23NO3. The minimum atomic E-state index is 0.536. The van der Waals surface area contributed by atoms with Crippen molar-refractivity contribution >= 4 is 0 Å². The summed E-state index contributed by atoms with van der Waals surface area (Å²) in [6.45, 7) is 7.16. The normalized spacial score (nSPS) is 10.4. The minimum absolute atomic E-state index is 0.536. The average Bonchev–Trinajstić information content (AvgIpc) is 2.38. The van der Waals surface area contributed by atoms with E-state index in [1.165, 1.54) is 0 Å². The van der Waals surface area contributed by atoms with E-state index in [0.717, 1.165) is 23.6 Å². The molecular weight excluding hydrogens is 230 g/mol. The van der Waals surface area contributed by atoms with Crippen molar-refractivity contribution in [3.05, 3.63) is 23.8 Å². The predicted molar refractivity (Wildman–Crippen MR) is 72.4 cm³/mol. The molecule has 0 heterocycles. The molecule has 0 unspecified atom stereocenters. The Bertz CT molecular complexity index is 318. The molecule has 0 aliphatic rings. The number of rotatable bonds is 9. The van der Waals surface area contributed by atoms with Crippen molar-refractivity contribution in [2.24, 2.45) is 0 Å². The zero-order valence-electron chi connectivity index (χ0n) is 11.5. The molecule has 0 bridgehead atoms. The number of para-hydroxylation sites is 1. The van der Waals surface area contributed by atoms with Gasteiger partial charge in [0.2, 0.25) is 0 Å². The Morgan fingerprint density at radius 3 is 2.56 bits per heavy atom. The van der Waals surface area contributed by atoms with Gasteiger partial charge in [0.1, 0.15) is 6.61 Å². The first-order valence-electron chi connectivity index (χ1n) is 6.43. The summed E-state index contributed by atoms with van der Waals surface area (Å²) in [5.41, 5.74) is 1.10. The lowest BCUT2D eigenvalue weighted by molar-refractivity contribution is 0.108. The van der Waals surface area contributed by atoms with E-state index in [2.05, 4.69) is 5.32 Å². The van der Waals surface area contributed by atoms with Gasteiger partial charge in [0.15, 0.2) is 11.5 Å². The lowest BCUT2D eigenvalue weighted by Gasteiger charge is -2.15. The first-order chi connectivity index (χ1) is 8.83. The van der Waals surface area contributed by atoms with Crippen LogP contribution in [0.15, 0.2) is 18.2 Å². The Morgan fingerprint density at radius 2 is 1.89 bits per heavy atom. The van der Waals surface area contributed by atoms with Gasteiger partial charge < -0.3 is 19.5 Å². The monoisotopic (exact) mass is 253 g/mol. The van der Waals surface area contributed by atoms with Crippen molar-refractivity contribution < 1.29 is 14.2 Å². The number of benzene rings is 1. The van der Waals surface area contributed by atoms with Gasteiger partial charge in [-0.1, -0.05) is 12.1 Å². The van der Waals surface area contributed by atoms with Crippen LogP contribution in [0.2, 0.25) is 0 Å². The van der Waals surface area contributed by atoms with Crippen LogP contribution in [-0.2, 0) is 11.3 Å². The van der Waals surface area contributed by atoms with Crippen LogP contribution >= 0.6 is 0 Å². The van der Waals surface area contributed by atoms with Gasteiger partial charge in [-0.05, 0) is 27.0 Å². The predicted octanol–water partition coefficient (Wildman–Crippen LogP) is 2.22. The topological polar surface area (TPSA) is 39.7 Å². The molecule has 1 aromatic rings. The minimum Gasteiger partial charge on any atom is -0.490 e. The van der Waals surface area contributed by atoms with Crippen LogP contribution in [0.1, 0.15) is 19.4 Å². The highest BCUT2D eigenvalue weighted by Crippen LogP contribution is 2.31. The molecule has 0 aliphatic heterocycles. The van der Waals surface area contributed by atoms with Crippen molar-refractivity contribution in [1.82, 2.24) is 5.32 Å². The van der Waals surface area contributed by atoms with Crippen LogP contribution < -0.4 is 14.8 Å². The molecule has 0 amide bonds. The molecule has 4 nitrogen and oxygen atoms in total. The summed E-state index contributed by atoms with van der Waals surface area (Å²) in [6.07, 6.45) is 0. The molecule has 0 radical (unpaired) electrons. The molecule has 4 heteroatoms. The molecule has 18 heavy (non-hydrogen) atoms. The third kappa shape index (κ3) is 4.55. The largest absolute Gasteiger partial charge is 0.490 e. The highest BCUT2D eigenvalue weighted by atomic mass is 16.5. The summed E-state index contributed by atoms with van der Waals surface area (Å²) >= 11 is 0. The zero-order chi connectivity index (χ0) is 13.2. The number of nitrogens with one attached hydrogen (secondary N) is 1. The maximum Gasteiger partial charge on any atom is 0.165 e. The number of hydrogen-bond donors (Lipinski definition) is 1. The Morgan fingerprint density at radius 1 is 1.06 bits per heavy atom. The summed E-state index contributed by atoms with van der Waals surface area (Å²) in [5, 5.41) is 3.13. The average molecular weight is 253 g/mol. The van der Waals surface area contributed by atoms with E-state index in [1.807, 2.05) is 39.1 Å². The first kappa shape index (κ1) is 14.8. The highest BCUT2D eigenvalue weighted by Gasteiger charge is 2.10. The molecule has 0 aliphatic carbocycles. The molecule has 0 aromatic heterocycles. The van der Waals surface area contributed by atoms with E-state index in [9.17, 15) is 0 Å². The van der Waals surface area contributed by atoms with Gasteiger partial charge in [-0.2, -0.15) is 0 Å². The van der Waals surface area contributed by atoms with Gasteiger partial charge in [-0.15, -0.1) is 0 Å². The molecule has 1 aromatic carbocycles. The van der Waals surface area contributed by atoms with Crippen LogP contribution in [0.3, 0.4) is 0 Å². The standard InChI is InChI=1S/C14H23NO3/c1-4-16-9-10-18-14-12(11-15-3)7-6-8-13(14)17-5-2/h6-8,15H,4-5,9-11H2,1-3H3. The lowest BCUT2D eigenvalue weighted by Crippen LogP contribution is -2.12. The maximum atomic E-state index is 5.79. The summed E-state index contributed by atoms with van der Waals surface area (Å²) in [4.78, 5) is 0. The molecule has 0 atom stereocenters. The lowest BCUT2D eigenvalue weighted by atomic mass is 10.2. The zero-order valence-corrected chi connectivity index (χ0v) is 11.5. The fraction of sp³-hybridized carbons (Fsp3) is 0.571. The summed E-state index contributed by atoms with van der Waals surface area (Å²) in [5.74, 6) is 1.61. The Hall–Kier alpha value is -1.26. The third-order valence-electron chi connectivity index (χ3n) is 2.41. The van der Waals surface area contributed by atoms with Crippen LogP contribution in [0.4, 0.5) is 0 Å². The second-order valence-corrected chi connectivity index (χ2v) is 3.75. The van der Waals surface area contributed by atoms with Crippen molar-refractivity contribution in [3.63, 3.8) is 0 Å². The highest BCUT2D eigenvalue weighted by molar-refractivity contribution is 5.46. The fourth-order valence-electron chi connectivity index (χ4n) is 1.67. The quantitative estimate of drug-likeness (QED) is 0.685. The van der Waals surface area contributed by atoms with Crippen molar-refractivity contribution in [2.45, 2.75) is 20.4 Å². The van der Waals surface area contributed by atoms with E-state index in [-0.39, 0.29) is 0 Å². The van der Waals surface area contributed by atoms with Gasteiger partial charge >= 0.3 is 0 Å². The van der Waals surface area contributed by atoms with E-state index >= 15 is 0 Å². The summed E-state index contributed by atoms with van der Waals surface area (Å²) in [7, 11) is 1.91. The van der Waals surface area contributed by atoms with Gasteiger partial charge in [-0.25, -0.2) is 0 Å². The Balaban J connectivity index is 2.74. The smallest absolute Gasteiger partial charge is 0.165 e. The van der Waals surface area contributed by atoms with Crippen LogP contribution in [-0.4, -0.2) is 33.5 Å². The van der Waals surface area contributed by atoms with Crippen LogP contribution in [0, 0.1) is 0 Å². The van der Waals surface area contributed by atoms with E-state index in [4.69, 9.17) is 14.2 Å². The molecule has 0 saturated heterocycles. The summed E-state index contributed by atoms with van der Waals surface area (Å²) in [6, 6.07) is 5.95. The van der Waals surface area contributed by atoms with E-state index in [0.29, 0.717) is 26.4 Å². The van der Waals surface area contributed by atoms with Gasteiger partial charge in [0.25, 0.3) is 0 Å². The van der Waals surface area contributed by atoms with E-state index < -0.39 is 0 Å². The Kier molecular flexibility index (Phi) is 7.22. The van der Waals surface area contributed by atoms with Crippen molar-refractivity contribution in [3.8, 4) is 11.5 Å². The fourth-order valence-corrected chi connectivity index (χ4v) is 1.67. The van der Waals surface area contributed by atoms with Gasteiger partial charge in [-0.3, -0.25) is 0 Å². The second-order valence-electron chi connectivity index (χ2n) is 3.75. The third-order valence-corrected chi connectivity index (χ3v) is 2.41. The molecule has 0 fully saturated rings. The number of hydrogen-bond acceptors (Lipinski definition) is 4. The molecule has 1 N–H and O–H groups in total. The molecule has 0 saturated carbocycles. The number of ether oxygens (including phenoxy) is 3. The van der Waals surface area contributed by atoms with Crippen molar-refractivity contribution in [1.29, 1.82) is 0 Å². The Labute approximate surface area is 109 Å². The van der Waals surface area contributed by atoms with Crippen molar-refractivity contribution in [2.75, 3.05) is 33.5 Å². The summed E-state index contributed by atoms with van der Waals surface area (Å²) < 4.78 is 16.6. The molecule has 102 valence electrons. The molecule has 0 spiro atoms. The maximum absolute atomic E-state index is 5.79.